The number of nitrogens with zero attached hydrogens (tertiary/aromatic N) is 2. The number of halogens is 1. The number of thiophene rings is 1. The van der Waals surface area contributed by atoms with E-state index in [0.717, 1.165) is 22.3 Å². The zero-order chi connectivity index (χ0) is 11.7. The summed E-state index contributed by atoms with van der Waals surface area (Å²) in [6, 6.07) is 12.6. The molecule has 4 heteroatoms. The highest BCUT2D eigenvalue weighted by atomic mass is 127. The molecule has 0 saturated carbocycles. The van der Waals surface area contributed by atoms with E-state index in [9.17, 15) is 0 Å². The topological polar surface area (TPSA) is 17.8 Å². The van der Waals surface area contributed by atoms with Crippen LogP contribution >= 0.6 is 33.9 Å². The molecule has 0 aliphatic heterocycles. The summed E-state index contributed by atoms with van der Waals surface area (Å²) in [5.41, 5.74) is 2.32. The van der Waals surface area contributed by atoms with Gasteiger partial charge < -0.3 is 4.57 Å². The van der Waals surface area contributed by atoms with Gasteiger partial charge in [-0.15, -0.1) is 11.3 Å². The van der Waals surface area contributed by atoms with Crippen LogP contribution in [0.1, 0.15) is 4.88 Å². The molecule has 3 aromatic rings. The fraction of sp³-hybridized carbons (Fsp3) is 0.154. The molecular formula is C13H11IN2S. The Kier molecular flexibility index (Phi) is 3.15. The summed E-state index contributed by atoms with van der Waals surface area (Å²) < 4.78 is 3.36. The normalized spacial score (nSPS) is 11.1. The van der Waals surface area contributed by atoms with Crippen molar-refractivity contribution in [1.82, 2.24) is 9.55 Å². The first-order chi connectivity index (χ1) is 8.34. The summed E-state index contributed by atoms with van der Waals surface area (Å²) in [5, 5.41) is 2.13. The Hall–Kier alpha value is -0.880. The molecule has 0 N–H and O–H groups in total. The molecule has 3 rings (SSSR count). The van der Waals surface area contributed by atoms with E-state index < -0.39 is 0 Å². The smallest absolute Gasteiger partial charge is 0.172 e. The van der Waals surface area contributed by atoms with Crippen LogP contribution < -0.4 is 0 Å². The van der Waals surface area contributed by atoms with E-state index in [1.807, 2.05) is 17.4 Å². The Morgan fingerprint density at radius 2 is 2.06 bits per heavy atom. The van der Waals surface area contributed by atoms with Gasteiger partial charge in [-0.05, 0) is 52.6 Å². The molecule has 2 nitrogen and oxygen atoms in total. The lowest BCUT2D eigenvalue weighted by Gasteiger charge is -2.04. The number of hydrogen-bond donors (Lipinski definition) is 0. The van der Waals surface area contributed by atoms with Crippen LogP contribution in [0.4, 0.5) is 0 Å². The summed E-state index contributed by atoms with van der Waals surface area (Å²) in [6.45, 7) is 0.999. The van der Waals surface area contributed by atoms with E-state index in [4.69, 9.17) is 0 Å². The maximum Gasteiger partial charge on any atom is 0.172 e. The van der Waals surface area contributed by atoms with Gasteiger partial charge in [0, 0.05) is 11.4 Å². The standard InChI is InChI=1S/C13H11IN2S/c14-13-15-11-5-1-2-6-12(11)16(13)8-7-10-4-3-9-17-10/h1-6,9H,7-8H2. The number of aryl methyl sites for hydroxylation is 2. The van der Waals surface area contributed by atoms with Crippen molar-refractivity contribution in [3.8, 4) is 0 Å². The molecule has 2 heterocycles. The molecule has 0 atom stereocenters. The van der Waals surface area contributed by atoms with E-state index in [-0.39, 0.29) is 0 Å². The number of benzene rings is 1. The summed E-state index contributed by atoms with van der Waals surface area (Å²) in [6.07, 6.45) is 1.08. The number of rotatable bonds is 3. The van der Waals surface area contributed by atoms with Crippen molar-refractivity contribution >= 4 is 45.0 Å². The Bertz CT molecular complexity index is 628. The third-order valence-electron chi connectivity index (χ3n) is 2.77. The lowest BCUT2D eigenvalue weighted by molar-refractivity contribution is 0.704. The summed E-state index contributed by atoms with van der Waals surface area (Å²) in [5.74, 6) is 0. The molecule has 0 amide bonds. The van der Waals surface area contributed by atoms with Crippen molar-refractivity contribution in [3.63, 3.8) is 0 Å². The number of fused-ring (bicyclic) bond motifs is 1. The Morgan fingerprint density at radius 3 is 2.88 bits per heavy atom. The quantitative estimate of drug-likeness (QED) is 0.652. The average Bonchev–Trinajstić information content (AvgIpc) is 2.93. The highest BCUT2D eigenvalue weighted by Gasteiger charge is 2.07. The number of hydrogen-bond acceptors (Lipinski definition) is 2. The van der Waals surface area contributed by atoms with E-state index in [1.165, 1.54) is 10.4 Å². The molecule has 0 fully saturated rings. The summed E-state index contributed by atoms with van der Waals surface area (Å²) in [7, 11) is 0. The van der Waals surface area contributed by atoms with Gasteiger partial charge in [0.05, 0.1) is 11.0 Å². The molecule has 0 radical (unpaired) electrons. The monoisotopic (exact) mass is 354 g/mol. The lowest BCUT2D eigenvalue weighted by Crippen LogP contribution is -2.02. The van der Waals surface area contributed by atoms with Crippen LogP contribution in [0.15, 0.2) is 41.8 Å². The molecule has 0 aliphatic rings. The van der Waals surface area contributed by atoms with Gasteiger partial charge in [-0.3, -0.25) is 0 Å². The minimum atomic E-state index is 0.999. The Labute approximate surface area is 117 Å². The maximum atomic E-state index is 4.57. The van der Waals surface area contributed by atoms with Crippen LogP contribution in [0.3, 0.4) is 0 Å². The van der Waals surface area contributed by atoms with Crippen LogP contribution in [0.2, 0.25) is 0 Å². The fourth-order valence-corrected chi connectivity index (χ4v) is 3.39. The first-order valence-corrected chi connectivity index (χ1v) is 7.43. The van der Waals surface area contributed by atoms with E-state index in [0.29, 0.717) is 0 Å². The van der Waals surface area contributed by atoms with Crippen molar-refractivity contribution < 1.29 is 0 Å². The van der Waals surface area contributed by atoms with Crippen LogP contribution in [-0.2, 0) is 13.0 Å². The predicted molar refractivity (Wildman–Crippen MR) is 80.5 cm³/mol. The largest absolute Gasteiger partial charge is 0.319 e. The van der Waals surface area contributed by atoms with Gasteiger partial charge in [0.1, 0.15) is 0 Å². The molecule has 2 aromatic heterocycles. The minimum Gasteiger partial charge on any atom is -0.319 e. The lowest BCUT2D eigenvalue weighted by atomic mass is 10.3. The molecular weight excluding hydrogens is 343 g/mol. The third kappa shape index (κ3) is 2.24. The van der Waals surface area contributed by atoms with Crippen molar-refractivity contribution in [2.24, 2.45) is 0 Å². The predicted octanol–water partition coefficient (Wildman–Crippen LogP) is 3.95. The molecule has 0 bridgehead atoms. The summed E-state index contributed by atoms with van der Waals surface area (Å²) >= 11 is 4.13. The second-order valence-electron chi connectivity index (χ2n) is 3.85. The van der Waals surface area contributed by atoms with Gasteiger partial charge in [-0.2, -0.15) is 0 Å². The first-order valence-electron chi connectivity index (χ1n) is 5.48. The van der Waals surface area contributed by atoms with E-state index in [2.05, 4.69) is 67.9 Å². The van der Waals surface area contributed by atoms with Crippen LogP contribution in [0.5, 0.6) is 0 Å². The van der Waals surface area contributed by atoms with Crippen LogP contribution in [0, 0.1) is 3.83 Å². The van der Waals surface area contributed by atoms with E-state index in [1.54, 1.807) is 0 Å². The number of aromatic nitrogens is 2. The molecule has 0 saturated heterocycles. The van der Waals surface area contributed by atoms with Crippen molar-refractivity contribution in [2.45, 2.75) is 13.0 Å². The highest BCUT2D eigenvalue weighted by Crippen LogP contribution is 2.19. The van der Waals surface area contributed by atoms with Gasteiger partial charge in [-0.1, -0.05) is 18.2 Å². The molecule has 1 aromatic carbocycles. The maximum absolute atomic E-state index is 4.57. The molecule has 0 aliphatic carbocycles. The zero-order valence-electron chi connectivity index (χ0n) is 9.14. The van der Waals surface area contributed by atoms with Crippen LogP contribution in [0.25, 0.3) is 11.0 Å². The second-order valence-corrected chi connectivity index (χ2v) is 5.85. The number of para-hydroxylation sites is 2. The van der Waals surface area contributed by atoms with Gasteiger partial charge in [0.25, 0.3) is 0 Å². The van der Waals surface area contributed by atoms with E-state index >= 15 is 0 Å². The molecule has 0 spiro atoms. The van der Waals surface area contributed by atoms with Crippen molar-refractivity contribution in [3.05, 3.63) is 50.5 Å². The SMILES string of the molecule is Ic1nc2ccccc2n1CCc1cccs1. The van der Waals surface area contributed by atoms with Gasteiger partial charge in [0.15, 0.2) is 3.83 Å². The highest BCUT2D eigenvalue weighted by molar-refractivity contribution is 14.1. The Morgan fingerprint density at radius 1 is 1.18 bits per heavy atom. The minimum absolute atomic E-state index is 0.999. The summed E-state index contributed by atoms with van der Waals surface area (Å²) in [4.78, 5) is 6.00. The third-order valence-corrected chi connectivity index (χ3v) is 4.53. The van der Waals surface area contributed by atoms with Crippen molar-refractivity contribution in [1.29, 1.82) is 0 Å². The van der Waals surface area contributed by atoms with Crippen LogP contribution in [-0.4, -0.2) is 9.55 Å². The average molecular weight is 354 g/mol. The van der Waals surface area contributed by atoms with Gasteiger partial charge in [0.2, 0.25) is 0 Å². The van der Waals surface area contributed by atoms with Crippen molar-refractivity contribution in [2.75, 3.05) is 0 Å². The fourth-order valence-electron chi connectivity index (χ4n) is 1.94. The van der Waals surface area contributed by atoms with Gasteiger partial charge >= 0.3 is 0 Å². The molecule has 86 valence electrons. The number of imidazole rings is 1. The first kappa shape index (κ1) is 11.2. The molecule has 17 heavy (non-hydrogen) atoms. The second kappa shape index (κ2) is 4.78. The zero-order valence-corrected chi connectivity index (χ0v) is 12.1. The Balaban J connectivity index is 1.92. The van der Waals surface area contributed by atoms with Gasteiger partial charge in [-0.25, -0.2) is 4.98 Å². The molecule has 0 unspecified atom stereocenters.